The molecule has 0 spiro atoms. The number of carbonyl (C=O) groups is 1. The summed E-state index contributed by atoms with van der Waals surface area (Å²) in [5.41, 5.74) is 1.38. The molecule has 0 saturated heterocycles. The third-order valence-electron chi connectivity index (χ3n) is 4.34. The van der Waals surface area contributed by atoms with Crippen LogP contribution in [0.25, 0.3) is 0 Å². The summed E-state index contributed by atoms with van der Waals surface area (Å²) in [6.45, 7) is 11.0. The number of nitrogens with zero attached hydrogens (tertiary/aromatic N) is 2. The van der Waals surface area contributed by atoms with E-state index in [4.69, 9.17) is 0 Å². The Bertz CT molecular complexity index is 528. The lowest BCUT2D eigenvalue weighted by molar-refractivity contribution is 0.0910. The van der Waals surface area contributed by atoms with Crippen molar-refractivity contribution in [3.05, 3.63) is 17.5 Å². The molecule has 2 rings (SSSR count). The van der Waals surface area contributed by atoms with Crippen molar-refractivity contribution < 1.29 is 9.90 Å². The summed E-state index contributed by atoms with van der Waals surface area (Å²) in [6, 6.07) is 1.89. The zero-order valence-electron chi connectivity index (χ0n) is 14.4. The Balaban J connectivity index is 2.09. The molecule has 5 nitrogen and oxygen atoms in total. The van der Waals surface area contributed by atoms with Gasteiger partial charge in [0.2, 0.25) is 0 Å². The number of aliphatic hydroxyl groups excluding tert-OH is 1. The van der Waals surface area contributed by atoms with E-state index in [1.807, 2.05) is 10.7 Å². The summed E-state index contributed by atoms with van der Waals surface area (Å²) in [4.78, 5) is 12.4. The van der Waals surface area contributed by atoms with Gasteiger partial charge in [-0.05, 0) is 45.6 Å². The van der Waals surface area contributed by atoms with Gasteiger partial charge in [-0.25, -0.2) is 0 Å². The minimum atomic E-state index is -0.279. The standard InChI is InChI=1S/C17H29N3O2/c1-11(2)14-9-13(19-20(14)17(3,4)5)16(22)18-10-12-7-6-8-15(12)21/h9,11-12,15,21H,6-8,10H2,1-5H3,(H,18,22). The first-order chi connectivity index (χ1) is 10.2. The fourth-order valence-electron chi connectivity index (χ4n) is 3.02. The summed E-state index contributed by atoms with van der Waals surface area (Å²) >= 11 is 0. The predicted octanol–water partition coefficient (Wildman–Crippen LogP) is 2.65. The smallest absolute Gasteiger partial charge is 0.271 e. The van der Waals surface area contributed by atoms with Crippen LogP contribution in [0.5, 0.6) is 0 Å². The van der Waals surface area contributed by atoms with E-state index in [2.05, 4.69) is 45.0 Å². The van der Waals surface area contributed by atoms with Crippen LogP contribution in [0.3, 0.4) is 0 Å². The molecule has 1 amide bonds. The molecule has 0 radical (unpaired) electrons. The van der Waals surface area contributed by atoms with Crippen molar-refractivity contribution in [2.24, 2.45) is 5.92 Å². The maximum Gasteiger partial charge on any atom is 0.271 e. The van der Waals surface area contributed by atoms with Crippen molar-refractivity contribution in [3.63, 3.8) is 0 Å². The molecule has 124 valence electrons. The molecule has 1 aliphatic rings. The second-order valence-electron chi connectivity index (χ2n) is 7.66. The van der Waals surface area contributed by atoms with Crippen LogP contribution < -0.4 is 5.32 Å². The molecule has 5 heteroatoms. The first-order valence-corrected chi connectivity index (χ1v) is 8.27. The van der Waals surface area contributed by atoms with Crippen LogP contribution in [0.2, 0.25) is 0 Å². The van der Waals surface area contributed by atoms with Gasteiger partial charge in [0.15, 0.2) is 0 Å². The molecule has 1 saturated carbocycles. The SMILES string of the molecule is CC(C)c1cc(C(=O)NCC2CCCC2O)nn1C(C)(C)C. The van der Waals surface area contributed by atoms with E-state index in [1.165, 1.54) is 0 Å². The highest BCUT2D eigenvalue weighted by Crippen LogP contribution is 2.25. The van der Waals surface area contributed by atoms with Gasteiger partial charge in [0.05, 0.1) is 11.6 Å². The van der Waals surface area contributed by atoms with Gasteiger partial charge in [-0.2, -0.15) is 5.10 Å². The maximum atomic E-state index is 12.4. The number of rotatable bonds is 4. The van der Waals surface area contributed by atoms with E-state index >= 15 is 0 Å². The van der Waals surface area contributed by atoms with Gasteiger partial charge in [-0.15, -0.1) is 0 Å². The van der Waals surface area contributed by atoms with Crippen LogP contribution in [0.4, 0.5) is 0 Å². The molecule has 0 bridgehead atoms. The van der Waals surface area contributed by atoms with E-state index in [1.54, 1.807) is 0 Å². The Morgan fingerprint density at radius 1 is 1.45 bits per heavy atom. The molecule has 1 fully saturated rings. The van der Waals surface area contributed by atoms with Gasteiger partial charge in [0.25, 0.3) is 5.91 Å². The molecular weight excluding hydrogens is 278 g/mol. The lowest BCUT2D eigenvalue weighted by atomic mass is 10.1. The Labute approximate surface area is 133 Å². The molecule has 1 aromatic rings. The summed E-state index contributed by atoms with van der Waals surface area (Å²) in [5, 5.41) is 17.3. The van der Waals surface area contributed by atoms with Gasteiger partial charge in [-0.3, -0.25) is 9.48 Å². The molecule has 2 atom stereocenters. The van der Waals surface area contributed by atoms with Crippen LogP contribution >= 0.6 is 0 Å². The lowest BCUT2D eigenvalue weighted by Gasteiger charge is -2.23. The van der Waals surface area contributed by atoms with Crippen molar-refractivity contribution >= 4 is 5.91 Å². The predicted molar refractivity (Wildman–Crippen MR) is 87.0 cm³/mol. The van der Waals surface area contributed by atoms with Gasteiger partial charge in [0, 0.05) is 18.2 Å². The molecule has 1 aromatic heterocycles. The zero-order chi connectivity index (χ0) is 16.5. The highest BCUT2D eigenvalue weighted by molar-refractivity contribution is 5.92. The van der Waals surface area contributed by atoms with Crippen molar-refractivity contribution in [3.8, 4) is 0 Å². The molecule has 22 heavy (non-hydrogen) atoms. The van der Waals surface area contributed by atoms with E-state index in [0.29, 0.717) is 18.2 Å². The van der Waals surface area contributed by atoms with E-state index in [0.717, 1.165) is 25.0 Å². The van der Waals surface area contributed by atoms with Crippen LogP contribution in [0.1, 0.15) is 76.0 Å². The Morgan fingerprint density at radius 2 is 2.14 bits per heavy atom. The lowest BCUT2D eigenvalue weighted by Crippen LogP contribution is -2.33. The van der Waals surface area contributed by atoms with Crippen molar-refractivity contribution in [1.82, 2.24) is 15.1 Å². The van der Waals surface area contributed by atoms with Crippen LogP contribution in [-0.4, -0.2) is 33.4 Å². The maximum absolute atomic E-state index is 12.4. The van der Waals surface area contributed by atoms with Crippen LogP contribution in [-0.2, 0) is 5.54 Å². The van der Waals surface area contributed by atoms with Gasteiger partial charge in [-0.1, -0.05) is 20.3 Å². The average molecular weight is 307 g/mol. The number of carbonyl (C=O) groups excluding carboxylic acids is 1. The van der Waals surface area contributed by atoms with Gasteiger partial charge >= 0.3 is 0 Å². The summed E-state index contributed by atoms with van der Waals surface area (Å²) in [6.07, 6.45) is 2.59. The second kappa shape index (κ2) is 6.41. The second-order valence-corrected chi connectivity index (χ2v) is 7.66. The monoisotopic (exact) mass is 307 g/mol. The largest absolute Gasteiger partial charge is 0.393 e. The molecular formula is C17H29N3O2. The third-order valence-corrected chi connectivity index (χ3v) is 4.34. The summed E-state index contributed by atoms with van der Waals surface area (Å²) < 4.78 is 1.94. The summed E-state index contributed by atoms with van der Waals surface area (Å²) in [5.74, 6) is 0.340. The minimum Gasteiger partial charge on any atom is -0.393 e. The number of aliphatic hydroxyl groups is 1. The topological polar surface area (TPSA) is 67.2 Å². The average Bonchev–Trinajstić information content (AvgIpc) is 3.01. The fourth-order valence-corrected chi connectivity index (χ4v) is 3.02. The number of nitrogens with one attached hydrogen (secondary N) is 1. The zero-order valence-corrected chi connectivity index (χ0v) is 14.4. The number of hydrogen-bond donors (Lipinski definition) is 2. The number of hydrogen-bond acceptors (Lipinski definition) is 3. The molecule has 1 aliphatic carbocycles. The Kier molecular flexibility index (Phi) is 4.95. The Morgan fingerprint density at radius 3 is 2.59 bits per heavy atom. The molecule has 0 aromatic carbocycles. The fraction of sp³-hybridized carbons (Fsp3) is 0.765. The van der Waals surface area contributed by atoms with E-state index in [-0.39, 0.29) is 23.5 Å². The van der Waals surface area contributed by atoms with Crippen molar-refractivity contribution in [1.29, 1.82) is 0 Å². The minimum absolute atomic E-state index is 0.149. The van der Waals surface area contributed by atoms with Crippen LogP contribution in [0, 0.1) is 5.92 Å². The molecule has 2 unspecified atom stereocenters. The third kappa shape index (κ3) is 3.69. The highest BCUT2D eigenvalue weighted by Gasteiger charge is 2.27. The van der Waals surface area contributed by atoms with Gasteiger partial charge in [0.1, 0.15) is 5.69 Å². The van der Waals surface area contributed by atoms with Crippen molar-refractivity contribution in [2.45, 2.75) is 71.4 Å². The molecule has 2 N–H and O–H groups in total. The molecule has 1 heterocycles. The van der Waals surface area contributed by atoms with E-state index < -0.39 is 0 Å². The number of aromatic nitrogens is 2. The first-order valence-electron chi connectivity index (χ1n) is 8.27. The summed E-state index contributed by atoms with van der Waals surface area (Å²) in [7, 11) is 0. The van der Waals surface area contributed by atoms with E-state index in [9.17, 15) is 9.90 Å². The van der Waals surface area contributed by atoms with Crippen LogP contribution in [0.15, 0.2) is 6.07 Å². The quantitative estimate of drug-likeness (QED) is 0.898. The Hall–Kier alpha value is -1.36. The normalized spacial score (nSPS) is 22.3. The first kappa shape index (κ1) is 17.0. The molecule has 0 aliphatic heterocycles. The van der Waals surface area contributed by atoms with Crippen molar-refractivity contribution in [2.75, 3.05) is 6.54 Å². The highest BCUT2D eigenvalue weighted by atomic mass is 16.3. The van der Waals surface area contributed by atoms with Gasteiger partial charge < -0.3 is 10.4 Å². The number of amides is 1.